The Labute approximate surface area is 177 Å². The molecule has 0 spiro atoms. The van der Waals surface area contributed by atoms with Gasteiger partial charge < -0.3 is 9.47 Å². The van der Waals surface area contributed by atoms with Gasteiger partial charge in [-0.3, -0.25) is 4.79 Å². The molecule has 1 atom stereocenters. The van der Waals surface area contributed by atoms with Gasteiger partial charge in [0, 0.05) is 24.5 Å². The Morgan fingerprint density at radius 1 is 1.14 bits per heavy atom. The summed E-state index contributed by atoms with van der Waals surface area (Å²) in [6.45, 7) is 4.51. The molecule has 3 aliphatic rings. The van der Waals surface area contributed by atoms with Gasteiger partial charge in [-0.15, -0.1) is 16.8 Å². The maximum absolute atomic E-state index is 13.0. The fourth-order valence-electron chi connectivity index (χ4n) is 4.62. The summed E-state index contributed by atoms with van der Waals surface area (Å²) in [6.07, 6.45) is 10.4. The van der Waals surface area contributed by atoms with Crippen LogP contribution in [0.2, 0.25) is 0 Å². The first-order valence-corrected chi connectivity index (χ1v) is 13.5. The number of amides is 1. The Morgan fingerprint density at radius 3 is 2.52 bits per heavy atom. The second kappa shape index (κ2) is 8.79. The monoisotopic (exact) mass is 438 g/mol. The van der Waals surface area contributed by atoms with Crippen LogP contribution in [0, 0.1) is 0 Å². The molecule has 1 aromatic heterocycles. The summed E-state index contributed by atoms with van der Waals surface area (Å²) in [5.41, 5.74) is 0. The zero-order chi connectivity index (χ0) is 20.4. The molecule has 160 valence electrons. The third-order valence-electron chi connectivity index (χ3n) is 6.18. The molecule has 0 unspecified atom stereocenters. The molecule has 1 aromatic rings. The molecule has 3 fully saturated rings. The van der Waals surface area contributed by atoms with Crippen LogP contribution in [0.5, 0.6) is 0 Å². The lowest BCUT2D eigenvalue weighted by Gasteiger charge is -2.28. The third kappa shape index (κ3) is 4.87. The van der Waals surface area contributed by atoms with Crippen LogP contribution >= 0.6 is 11.8 Å². The van der Waals surface area contributed by atoms with E-state index < -0.39 is 9.84 Å². The zero-order valence-electron chi connectivity index (χ0n) is 16.8. The minimum absolute atomic E-state index is 0.0203. The molecular weight excluding hydrogens is 408 g/mol. The largest absolute Gasteiger partial charge is 0.335 e. The van der Waals surface area contributed by atoms with Crippen LogP contribution in [0.15, 0.2) is 17.8 Å². The smallest absolute Gasteiger partial charge is 0.233 e. The number of hydrogen-bond acceptors (Lipinski definition) is 6. The second-order valence-electron chi connectivity index (χ2n) is 8.45. The highest BCUT2D eigenvalue weighted by Gasteiger charge is 2.42. The van der Waals surface area contributed by atoms with Crippen molar-refractivity contribution in [1.82, 2.24) is 19.7 Å². The van der Waals surface area contributed by atoms with Crippen molar-refractivity contribution in [3.63, 3.8) is 0 Å². The van der Waals surface area contributed by atoms with Gasteiger partial charge in [0.05, 0.1) is 17.3 Å². The van der Waals surface area contributed by atoms with E-state index in [9.17, 15) is 13.2 Å². The van der Waals surface area contributed by atoms with Crippen molar-refractivity contribution in [2.24, 2.45) is 0 Å². The number of nitrogens with zero attached hydrogens (tertiary/aromatic N) is 4. The van der Waals surface area contributed by atoms with Gasteiger partial charge in [0.15, 0.2) is 15.0 Å². The van der Waals surface area contributed by atoms with Crippen molar-refractivity contribution in [2.75, 3.05) is 17.3 Å². The van der Waals surface area contributed by atoms with Gasteiger partial charge in [0.1, 0.15) is 5.82 Å². The van der Waals surface area contributed by atoms with E-state index in [1.54, 1.807) is 0 Å². The van der Waals surface area contributed by atoms with Crippen molar-refractivity contribution < 1.29 is 13.2 Å². The van der Waals surface area contributed by atoms with Gasteiger partial charge >= 0.3 is 0 Å². The highest BCUT2D eigenvalue weighted by atomic mass is 32.2. The number of allylic oxidation sites excluding steroid dienone is 1. The van der Waals surface area contributed by atoms with Crippen LogP contribution in [0.3, 0.4) is 0 Å². The van der Waals surface area contributed by atoms with E-state index in [2.05, 4.69) is 21.3 Å². The fraction of sp³-hybridized carbons (Fsp3) is 0.750. The van der Waals surface area contributed by atoms with Crippen molar-refractivity contribution in [3.8, 4) is 0 Å². The zero-order valence-corrected chi connectivity index (χ0v) is 18.5. The van der Waals surface area contributed by atoms with E-state index >= 15 is 0 Å². The molecule has 1 amide bonds. The minimum Gasteiger partial charge on any atom is -0.335 e. The van der Waals surface area contributed by atoms with E-state index in [1.807, 2.05) is 11.0 Å². The molecule has 4 rings (SSSR count). The molecule has 1 aliphatic heterocycles. The standard InChI is InChI=1S/C20H30N4O3S2/c1-2-11-23-19(15-6-4-3-5-7-15)21-22-20(23)28-13-18(25)24(16-8-9-16)17-10-12-29(26,27)14-17/h2,15-17H,1,3-14H2/t17-/m1/s1. The quantitative estimate of drug-likeness (QED) is 0.458. The molecule has 7 nitrogen and oxygen atoms in total. The van der Waals surface area contributed by atoms with E-state index in [4.69, 9.17) is 0 Å². The first-order chi connectivity index (χ1) is 14.0. The number of aromatic nitrogens is 3. The summed E-state index contributed by atoms with van der Waals surface area (Å²) >= 11 is 1.41. The van der Waals surface area contributed by atoms with Gasteiger partial charge in [-0.2, -0.15) is 0 Å². The lowest BCUT2D eigenvalue weighted by atomic mass is 9.89. The Balaban J connectivity index is 1.44. The van der Waals surface area contributed by atoms with E-state index in [0.29, 0.717) is 18.9 Å². The Hall–Kier alpha value is -1.35. The first-order valence-electron chi connectivity index (χ1n) is 10.7. The van der Waals surface area contributed by atoms with Crippen LogP contribution in [0.1, 0.15) is 63.1 Å². The summed E-state index contributed by atoms with van der Waals surface area (Å²) in [5.74, 6) is 2.05. The van der Waals surface area contributed by atoms with Crippen LogP contribution in [0.4, 0.5) is 0 Å². The fourth-order valence-corrected chi connectivity index (χ4v) is 7.16. The van der Waals surface area contributed by atoms with Gasteiger partial charge in [-0.25, -0.2) is 8.42 Å². The summed E-state index contributed by atoms with van der Waals surface area (Å²) in [6, 6.07) is 0.0506. The summed E-state index contributed by atoms with van der Waals surface area (Å²) < 4.78 is 25.9. The molecule has 0 aromatic carbocycles. The second-order valence-corrected chi connectivity index (χ2v) is 11.6. The van der Waals surface area contributed by atoms with Gasteiger partial charge in [-0.1, -0.05) is 37.1 Å². The lowest BCUT2D eigenvalue weighted by Crippen LogP contribution is -2.43. The van der Waals surface area contributed by atoms with Crippen LogP contribution in [0.25, 0.3) is 0 Å². The third-order valence-corrected chi connectivity index (χ3v) is 8.88. The Morgan fingerprint density at radius 2 is 1.90 bits per heavy atom. The van der Waals surface area contributed by atoms with Crippen molar-refractivity contribution >= 4 is 27.5 Å². The van der Waals surface area contributed by atoms with E-state index in [-0.39, 0.29) is 35.2 Å². The number of rotatable bonds is 8. The van der Waals surface area contributed by atoms with Crippen LogP contribution in [-0.4, -0.2) is 63.3 Å². The van der Waals surface area contributed by atoms with E-state index in [0.717, 1.165) is 36.7 Å². The molecular formula is C20H30N4O3S2. The molecule has 0 N–H and O–H groups in total. The maximum Gasteiger partial charge on any atom is 0.233 e. The number of sulfone groups is 1. The molecule has 2 aliphatic carbocycles. The molecule has 0 radical (unpaired) electrons. The van der Waals surface area contributed by atoms with Gasteiger partial charge in [-0.05, 0) is 32.1 Å². The predicted octanol–water partition coefficient (Wildman–Crippen LogP) is 2.78. The lowest BCUT2D eigenvalue weighted by molar-refractivity contribution is -0.130. The van der Waals surface area contributed by atoms with Crippen molar-refractivity contribution in [2.45, 2.75) is 81.1 Å². The molecule has 2 saturated carbocycles. The minimum atomic E-state index is -3.01. The van der Waals surface area contributed by atoms with Gasteiger partial charge in [0.25, 0.3) is 0 Å². The average molecular weight is 439 g/mol. The molecule has 1 saturated heterocycles. The summed E-state index contributed by atoms with van der Waals surface area (Å²) in [7, 11) is -3.01. The average Bonchev–Trinajstić information content (AvgIpc) is 3.35. The first kappa shape index (κ1) is 20.9. The predicted molar refractivity (Wildman–Crippen MR) is 114 cm³/mol. The van der Waals surface area contributed by atoms with Crippen molar-refractivity contribution in [1.29, 1.82) is 0 Å². The van der Waals surface area contributed by atoms with Crippen LogP contribution < -0.4 is 0 Å². The van der Waals surface area contributed by atoms with Crippen molar-refractivity contribution in [3.05, 3.63) is 18.5 Å². The molecule has 0 bridgehead atoms. The number of thioether (sulfide) groups is 1. The number of carbonyl (C=O) groups is 1. The van der Waals surface area contributed by atoms with E-state index in [1.165, 1.54) is 31.0 Å². The Kier molecular flexibility index (Phi) is 6.34. The topological polar surface area (TPSA) is 85.2 Å². The normalized spacial score (nSPS) is 24.5. The highest BCUT2D eigenvalue weighted by Crippen LogP contribution is 2.35. The molecule has 29 heavy (non-hydrogen) atoms. The SMILES string of the molecule is C=CCn1c(SCC(=O)N(C2CC2)[C@@H]2CCS(=O)(=O)C2)nnc1C1CCCCC1. The van der Waals surface area contributed by atoms with Gasteiger partial charge in [0.2, 0.25) is 5.91 Å². The number of hydrogen-bond donors (Lipinski definition) is 0. The maximum atomic E-state index is 13.0. The van der Waals surface area contributed by atoms with Crippen LogP contribution in [-0.2, 0) is 21.2 Å². The number of carbonyl (C=O) groups excluding carboxylic acids is 1. The molecule has 2 heterocycles. The summed E-state index contributed by atoms with van der Waals surface area (Å²) in [4.78, 5) is 14.9. The Bertz CT molecular complexity index is 857. The summed E-state index contributed by atoms with van der Waals surface area (Å²) in [5, 5.41) is 9.61. The highest BCUT2D eigenvalue weighted by molar-refractivity contribution is 7.99. The molecule has 9 heteroatoms.